The second-order valence-electron chi connectivity index (χ2n) is 3.39. The Balaban J connectivity index is 2.46. The van der Waals surface area contributed by atoms with Crippen LogP contribution in [-0.2, 0) is 17.9 Å². The van der Waals surface area contributed by atoms with Crippen molar-refractivity contribution in [2.24, 2.45) is 5.73 Å². The smallest absolute Gasteiger partial charge is 0.0730 e. The molecule has 3 heteroatoms. The molecule has 0 radical (unpaired) electrons. The van der Waals surface area contributed by atoms with Gasteiger partial charge in [-0.2, -0.15) is 0 Å². The summed E-state index contributed by atoms with van der Waals surface area (Å²) in [5, 5.41) is 3.46. The topological polar surface area (TPSA) is 35.2 Å². The summed E-state index contributed by atoms with van der Waals surface area (Å²) in [7, 11) is 0. The fraction of sp³-hybridized carbons (Fsp3) is 0.333. The van der Waals surface area contributed by atoms with Gasteiger partial charge in [-0.25, -0.2) is 0 Å². The third-order valence-electron chi connectivity index (χ3n) is 2.44. The minimum absolute atomic E-state index is 0.590. The van der Waals surface area contributed by atoms with E-state index in [1.54, 1.807) is 11.3 Å². The fourth-order valence-electron chi connectivity index (χ4n) is 1.72. The molecule has 0 aliphatic carbocycles. The largest absolute Gasteiger partial charge is 0.377 e. The molecule has 0 aliphatic rings. The Labute approximate surface area is 93.7 Å². The molecule has 2 rings (SSSR count). The highest BCUT2D eigenvalue weighted by Gasteiger charge is 2.07. The van der Waals surface area contributed by atoms with Crippen molar-refractivity contribution < 1.29 is 4.74 Å². The van der Waals surface area contributed by atoms with Crippen LogP contribution < -0.4 is 5.73 Å². The van der Waals surface area contributed by atoms with Crippen LogP contribution in [0.2, 0.25) is 0 Å². The summed E-state index contributed by atoms with van der Waals surface area (Å²) in [6.45, 7) is 4.04. The van der Waals surface area contributed by atoms with Gasteiger partial charge in [-0.05, 0) is 29.5 Å². The molecule has 0 unspecified atom stereocenters. The van der Waals surface area contributed by atoms with Crippen LogP contribution in [0.1, 0.15) is 18.1 Å². The molecule has 0 saturated carbocycles. The Kier molecular flexibility index (Phi) is 3.36. The number of thiophene rings is 1. The molecule has 2 nitrogen and oxygen atoms in total. The highest BCUT2D eigenvalue weighted by Crippen LogP contribution is 2.29. The van der Waals surface area contributed by atoms with Gasteiger partial charge in [-0.1, -0.05) is 12.1 Å². The first-order valence-corrected chi connectivity index (χ1v) is 6.00. The normalized spacial score (nSPS) is 11.1. The fourth-order valence-corrected chi connectivity index (χ4v) is 2.71. The maximum absolute atomic E-state index is 5.74. The summed E-state index contributed by atoms with van der Waals surface area (Å²) in [6, 6.07) is 6.28. The Hall–Kier alpha value is -0.900. The lowest BCUT2D eigenvalue weighted by atomic mass is 10.1. The van der Waals surface area contributed by atoms with E-state index >= 15 is 0 Å². The van der Waals surface area contributed by atoms with Crippen LogP contribution in [0.3, 0.4) is 0 Å². The predicted octanol–water partition coefficient (Wildman–Crippen LogP) is 2.90. The predicted molar refractivity (Wildman–Crippen MR) is 65.0 cm³/mol. The maximum atomic E-state index is 5.74. The summed E-state index contributed by atoms with van der Waals surface area (Å²) in [5.74, 6) is 0. The minimum Gasteiger partial charge on any atom is -0.377 e. The van der Waals surface area contributed by atoms with Gasteiger partial charge in [0.1, 0.15) is 0 Å². The number of rotatable bonds is 4. The molecule has 0 saturated heterocycles. The molecule has 0 atom stereocenters. The molecule has 0 bridgehead atoms. The first-order valence-electron chi connectivity index (χ1n) is 5.12. The molecule has 80 valence electrons. The molecule has 1 aromatic heterocycles. The van der Waals surface area contributed by atoms with Crippen molar-refractivity contribution in [3.8, 4) is 0 Å². The highest BCUT2D eigenvalue weighted by molar-refractivity contribution is 7.17. The van der Waals surface area contributed by atoms with Gasteiger partial charge >= 0.3 is 0 Å². The number of nitrogens with two attached hydrogens (primary N) is 1. The van der Waals surface area contributed by atoms with Crippen molar-refractivity contribution >= 4 is 21.4 Å². The van der Waals surface area contributed by atoms with Gasteiger partial charge in [-0.3, -0.25) is 0 Å². The van der Waals surface area contributed by atoms with Crippen molar-refractivity contribution in [1.29, 1.82) is 0 Å². The molecular weight excluding hydrogens is 206 g/mol. The van der Waals surface area contributed by atoms with Crippen LogP contribution in [0.25, 0.3) is 10.1 Å². The Morgan fingerprint density at radius 1 is 1.33 bits per heavy atom. The molecule has 0 aliphatic heterocycles. The number of fused-ring (bicyclic) bond motifs is 1. The molecular formula is C12H15NOS. The van der Waals surface area contributed by atoms with E-state index in [1.807, 2.05) is 6.92 Å². The number of hydrogen-bond donors (Lipinski definition) is 1. The van der Waals surface area contributed by atoms with E-state index in [1.165, 1.54) is 21.2 Å². The summed E-state index contributed by atoms with van der Waals surface area (Å²) >= 11 is 1.76. The SMILES string of the molecule is CCOCc1csc2cccc(CN)c12. The maximum Gasteiger partial charge on any atom is 0.0730 e. The van der Waals surface area contributed by atoms with Gasteiger partial charge < -0.3 is 10.5 Å². The lowest BCUT2D eigenvalue weighted by molar-refractivity contribution is 0.135. The molecule has 2 aromatic rings. The van der Waals surface area contributed by atoms with Crippen LogP contribution >= 0.6 is 11.3 Å². The van der Waals surface area contributed by atoms with Crippen molar-refractivity contribution in [2.45, 2.75) is 20.1 Å². The van der Waals surface area contributed by atoms with E-state index in [2.05, 4.69) is 23.6 Å². The van der Waals surface area contributed by atoms with E-state index in [-0.39, 0.29) is 0 Å². The molecule has 2 N–H and O–H groups in total. The molecule has 15 heavy (non-hydrogen) atoms. The Morgan fingerprint density at radius 3 is 2.93 bits per heavy atom. The molecule has 1 aromatic carbocycles. The summed E-state index contributed by atoms with van der Waals surface area (Å²) in [6.07, 6.45) is 0. The first-order chi connectivity index (χ1) is 7.36. The van der Waals surface area contributed by atoms with E-state index in [4.69, 9.17) is 10.5 Å². The molecule has 0 spiro atoms. The highest BCUT2D eigenvalue weighted by atomic mass is 32.1. The van der Waals surface area contributed by atoms with Gasteiger partial charge in [0.25, 0.3) is 0 Å². The van der Waals surface area contributed by atoms with Crippen molar-refractivity contribution in [3.05, 3.63) is 34.7 Å². The summed E-state index contributed by atoms with van der Waals surface area (Å²) in [4.78, 5) is 0. The van der Waals surface area contributed by atoms with E-state index < -0.39 is 0 Å². The van der Waals surface area contributed by atoms with Gasteiger partial charge in [0, 0.05) is 23.2 Å². The molecule has 0 fully saturated rings. The average Bonchev–Trinajstić information content (AvgIpc) is 2.69. The van der Waals surface area contributed by atoms with Crippen molar-refractivity contribution in [1.82, 2.24) is 0 Å². The number of benzene rings is 1. The zero-order valence-electron chi connectivity index (χ0n) is 8.82. The molecule has 1 heterocycles. The van der Waals surface area contributed by atoms with Gasteiger partial charge in [0.15, 0.2) is 0 Å². The minimum atomic E-state index is 0.590. The number of hydrogen-bond acceptors (Lipinski definition) is 3. The lowest BCUT2D eigenvalue weighted by Gasteiger charge is -2.04. The summed E-state index contributed by atoms with van der Waals surface area (Å²) in [5.41, 5.74) is 8.21. The third-order valence-corrected chi connectivity index (χ3v) is 3.44. The van der Waals surface area contributed by atoms with Crippen LogP contribution in [0.4, 0.5) is 0 Å². The zero-order valence-corrected chi connectivity index (χ0v) is 9.64. The van der Waals surface area contributed by atoms with Crippen molar-refractivity contribution in [2.75, 3.05) is 6.61 Å². The second-order valence-corrected chi connectivity index (χ2v) is 4.30. The van der Waals surface area contributed by atoms with E-state index in [9.17, 15) is 0 Å². The van der Waals surface area contributed by atoms with Gasteiger partial charge in [-0.15, -0.1) is 11.3 Å². The first kappa shape index (κ1) is 10.6. The molecule has 0 amide bonds. The van der Waals surface area contributed by atoms with Gasteiger partial charge in [0.05, 0.1) is 6.61 Å². The lowest BCUT2D eigenvalue weighted by Crippen LogP contribution is -1.98. The Bertz CT molecular complexity index is 450. The van der Waals surface area contributed by atoms with E-state index in [0.29, 0.717) is 13.2 Å². The second kappa shape index (κ2) is 4.75. The van der Waals surface area contributed by atoms with Crippen LogP contribution in [0.15, 0.2) is 23.6 Å². The monoisotopic (exact) mass is 221 g/mol. The summed E-state index contributed by atoms with van der Waals surface area (Å²) < 4.78 is 6.75. The Morgan fingerprint density at radius 2 is 2.20 bits per heavy atom. The standard InChI is InChI=1S/C12H15NOS/c1-2-14-7-10-8-15-11-5-3-4-9(6-13)12(10)11/h3-5,8H,2,6-7,13H2,1H3. The third kappa shape index (κ3) is 2.04. The average molecular weight is 221 g/mol. The quantitative estimate of drug-likeness (QED) is 0.861. The number of ether oxygens (including phenoxy) is 1. The zero-order chi connectivity index (χ0) is 10.7. The van der Waals surface area contributed by atoms with Crippen LogP contribution in [0, 0.1) is 0 Å². The van der Waals surface area contributed by atoms with Gasteiger partial charge in [0.2, 0.25) is 0 Å². The van der Waals surface area contributed by atoms with E-state index in [0.717, 1.165) is 6.61 Å². The van der Waals surface area contributed by atoms with Crippen molar-refractivity contribution in [3.63, 3.8) is 0 Å². The van der Waals surface area contributed by atoms with Crippen LogP contribution in [0.5, 0.6) is 0 Å². The van der Waals surface area contributed by atoms with Crippen LogP contribution in [-0.4, -0.2) is 6.61 Å².